The highest BCUT2D eigenvalue weighted by atomic mass is 16.5. The van der Waals surface area contributed by atoms with Gasteiger partial charge in [-0.25, -0.2) is 4.98 Å². The van der Waals surface area contributed by atoms with Gasteiger partial charge in [0.1, 0.15) is 5.82 Å². The molecule has 140 valence electrons. The lowest BCUT2D eigenvalue weighted by molar-refractivity contribution is 0.133. The Bertz CT molecular complexity index is 696. The minimum absolute atomic E-state index is 0.487. The molecule has 3 rings (SSSR count). The molecule has 0 N–H and O–H groups in total. The van der Waals surface area contributed by atoms with Gasteiger partial charge in [-0.15, -0.1) is 0 Å². The van der Waals surface area contributed by atoms with Crippen molar-refractivity contribution in [1.82, 2.24) is 9.88 Å². The third-order valence-corrected chi connectivity index (χ3v) is 5.18. The number of hydrogen-bond donors (Lipinski definition) is 0. The average Bonchev–Trinajstić information content (AvgIpc) is 2.67. The van der Waals surface area contributed by atoms with Crippen LogP contribution >= 0.6 is 0 Å². The summed E-state index contributed by atoms with van der Waals surface area (Å²) in [5, 5.41) is 0. The van der Waals surface area contributed by atoms with Crippen LogP contribution in [0.15, 0.2) is 42.6 Å². The number of benzene rings is 1. The second-order valence-electron chi connectivity index (χ2n) is 6.97. The van der Waals surface area contributed by atoms with E-state index in [0.29, 0.717) is 12.1 Å². The third kappa shape index (κ3) is 4.10. The van der Waals surface area contributed by atoms with Gasteiger partial charge in [0.15, 0.2) is 11.5 Å². The minimum Gasteiger partial charge on any atom is -0.493 e. The Hall–Kier alpha value is -2.27. The van der Waals surface area contributed by atoms with Crippen LogP contribution in [0.5, 0.6) is 11.5 Å². The zero-order valence-electron chi connectivity index (χ0n) is 16.2. The van der Waals surface area contributed by atoms with Crippen molar-refractivity contribution in [3.05, 3.63) is 48.2 Å². The van der Waals surface area contributed by atoms with Crippen molar-refractivity contribution in [2.75, 3.05) is 38.8 Å². The Balaban J connectivity index is 1.62. The van der Waals surface area contributed by atoms with Crippen LogP contribution in [0.3, 0.4) is 0 Å². The molecule has 5 heteroatoms. The SMILES string of the molecule is COc1ccc(CCN2[C@H](C)CN(c3ccccn3)C[C@@H]2C)cc1OC. The van der Waals surface area contributed by atoms with E-state index < -0.39 is 0 Å². The molecule has 1 saturated heterocycles. The number of methoxy groups -OCH3 is 2. The highest BCUT2D eigenvalue weighted by molar-refractivity contribution is 5.43. The molecule has 2 aromatic rings. The Kier molecular flexibility index (Phi) is 5.99. The summed E-state index contributed by atoms with van der Waals surface area (Å²) in [7, 11) is 3.35. The molecule has 0 bridgehead atoms. The van der Waals surface area contributed by atoms with Gasteiger partial charge in [-0.05, 0) is 50.1 Å². The fraction of sp³-hybridized carbons (Fsp3) is 0.476. The van der Waals surface area contributed by atoms with E-state index in [4.69, 9.17) is 9.47 Å². The molecule has 0 radical (unpaired) electrons. The molecule has 1 fully saturated rings. The van der Waals surface area contributed by atoms with Gasteiger partial charge in [0.05, 0.1) is 14.2 Å². The van der Waals surface area contributed by atoms with Gasteiger partial charge in [0.2, 0.25) is 0 Å². The molecule has 2 heterocycles. The summed E-state index contributed by atoms with van der Waals surface area (Å²) in [5.41, 5.74) is 1.27. The van der Waals surface area contributed by atoms with Crippen LogP contribution in [0, 0.1) is 0 Å². The van der Waals surface area contributed by atoms with Crippen LogP contribution in [-0.4, -0.2) is 55.8 Å². The van der Waals surface area contributed by atoms with Gasteiger partial charge in [-0.1, -0.05) is 12.1 Å². The summed E-state index contributed by atoms with van der Waals surface area (Å²) in [5.74, 6) is 2.65. The average molecular weight is 355 g/mol. The lowest BCUT2D eigenvalue weighted by Gasteiger charge is -2.45. The zero-order chi connectivity index (χ0) is 18.5. The van der Waals surface area contributed by atoms with Crippen LogP contribution in [0.1, 0.15) is 19.4 Å². The second-order valence-corrected chi connectivity index (χ2v) is 6.97. The van der Waals surface area contributed by atoms with E-state index in [1.54, 1.807) is 14.2 Å². The van der Waals surface area contributed by atoms with E-state index in [0.717, 1.165) is 43.4 Å². The minimum atomic E-state index is 0.487. The number of nitrogens with zero attached hydrogens (tertiary/aromatic N) is 3. The van der Waals surface area contributed by atoms with Crippen LogP contribution in [-0.2, 0) is 6.42 Å². The zero-order valence-corrected chi connectivity index (χ0v) is 16.2. The first-order valence-corrected chi connectivity index (χ1v) is 9.25. The number of aromatic nitrogens is 1. The topological polar surface area (TPSA) is 37.8 Å². The van der Waals surface area contributed by atoms with E-state index in [1.807, 2.05) is 18.3 Å². The smallest absolute Gasteiger partial charge is 0.160 e. The van der Waals surface area contributed by atoms with Crippen molar-refractivity contribution in [3.8, 4) is 11.5 Å². The predicted octanol–water partition coefficient (Wildman–Crippen LogP) is 3.24. The summed E-state index contributed by atoms with van der Waals surface area (Å²) in [6.45, 7) is 7.66. The quantitative estimate of drug-likeness (QED) is 0.795. The van der Waals surface area contributed by atoms with Crippen molar-refractivity contribution in [2.24, 2.45) is 0 Å². The number of anilines is 1. The van der Waals surface area contributed by atoms with Gasteiger partial charge in [-0.2, -0.15) is 0 Å². The highest BCUT2D eigenvalue weighted by Crippen LogP contribution is 2.28. The normalized spacial score (nSPS) is 20.8. The van der Waals surface area contributed by atoms with Gasteiger partial charge >= 0.3 is 0 Å². The largest absolute Gasteiger partial charge is 0.493 e. The number of ether oxygens (including phenoxy) is 2. The van der Waals surface area contributed by atoms with E-state index in [1.165, 1.54) is 5.56 Å². The van der Waals surface area contributed by atoms with Crippen LogP contribution in [0.25, 0.3) is 0 Å². The Labute approximate surface area is 156 Å². The summed E-state index contributed by atoms with van der Waals surface area (Å²) < 4.78 is 10.7. The van der Waals surface area contributed by atoms with E-state index in [2.05, 4.69) is 52.9 Å². The summed E-state index contributed by atoms with van der Waals surface area (Å²) in [4.78, 5) is 9.49. The second kappa shape index (κ2) is 8.41. The summed E-state index contributed by atoms with van der Waals surface area (Å²) in [6.07, 6.45) is 2.87. The fourth-order valence-electron chi connectivity index (χ4n) is 3.82. The molecule has 0 spiro atoms. The van der Waals surface area contributed by atoms with E-state index in [-0.39, 0.29) is 0 Å². The first kappa shape index (κ1) is 18.5. The highest BCUT2D eigenvalue weighted by Gasteiger charge is 2.29. The van der Waals surface area contributed by atoms with Crippen molar-refractivity contribution >= 4 is 5.82 Å². The number of rotatable bonds is 6. The summed E-state index contributed by atoms with van der Waals surface area (Å²) in [6, 6.07) is 13.3. The van der Waals surface area contributed by atoms with E-state index in [9.17, 15) is 0 Å². The van der Waals surface area contributed by atoms with Gasteiger partial charge < -0.3 is 14.4 Å². The maximum absolute atomic E-state index is 5.42. The molecule has 0 aliphatic carbocycles. The molecule has 1 aromatic heterocycles. The van der Waals surface area contributed by atoms with Crippen LogP contribution in [0.2, 0.25) is 0 Å². The Morgan fingerprint density at radius 2 is 1.73 bits per heavy atom. The first-order chi connectivity index (χ1) is 12.6. The lowest BCUT2D eigenvalue weighted by Crippen LogP contribution is -2.57. The molecule has 26 heavy (non-hydrogen) atoms. The molecule has 1 aliphatic rings. The van der Waals surface area contributed by atoms with Crippen molar-refractivity contribution in [3.63, 3.8) is 0 Å². The Morgan fingerprint density at radius 1 is 1.00 bits per heavy atom. The third-order valence-electron chi connectivity index (χ3n) is 5.18. The molecule has 1 aromatic carbocycles. The molecule has 5 nitrogen and oxygen atoms in total. The molecular weight excluding hydrogens is 326 g/mol. The van der Waals surface area contributed by atoms with E-state index >= 15 is 0 Å². The number of piperazine rings is 1. The monoisotopic (exact) mass is 355 g/mol. The number of pyridine rings is 1. The van der Waals surface area contributed by atoms with Crippen molar-refractivity contribution < 1.29 is 9.47 Å². The van der Waals surface area contributed by atoms with Gasteiger partial charge in [0, 0.05) is 37.9 Å². The number of hydrogen-bond acceptors (Lipinski definition) is 5. The molecular formula is C21H29N3O2. The van der Waals surface area contributed by atoms with Crippen LogP contribution in [0.4, 0.5) is 5.82 Å². The standard InChI is InChI=1S/C21H29N3O2/c1-16-14-23(21-7-5-6-11-22-21)15-17(2)24(16)12-10-18-8-9-19(25-3)20(13-18)26-4/h5-9,11,13,16-17H,10,12,14-15H2,1-4H3/t16-,17+. The van der Waals surface area contributed by atoms with Crippen molar-refractivity contribution in [1.29, 1.82) is 0 Å². The molecule has 0 amide bonds. The molecule has 0 saturated carbocycles. The molecule has 0 unspecified atom stereocenters. The molecule has 1 aliphatic heterocycles. The maximum Gasteiger partial charge on any atom is 0.160 e. The maximum atomic E-state index is 5.42. The van der Waals surface area contributed by atoms with Gasteiger partial charge in [-0.3, -0.25) is 4.90 Å². The predicted molar refractivity (Wildman–Crippen MR) is 105 cm³/mol. The molecule has 2 atom stereocenters. The van der Waals surface area contributed by atoms with Gasteiger partial charge in [0.25, 0.3) is 0 Å². The Morgan fingerprint density at radius 3 is 2.35 bits per heavy atom. The van der Waals surface area contributed by atoms with Crippen LogP contribution < -0.4 is 14.4 Å². The first-order valence-electron chi connectivity index (χ1n) is 9.25. The lowest BCUT2D eigenvalue weighted by atomic mass is 10.1. The fourth-order valence-corrected chi connectivity index (χ4v) is 3.82. The van der Waals surface area contributed by atoms with Crippen molar-refractivity contribution in [2.45, 2.75) is 32.4 Å². The summed E-state index contributed by atoms with van der Waals surface area (Å²) >= 11 is 0.